The molecule has 7 heteroatoms. The lowest BCUT2D eigenvalue weighted by molar-refractivity contribution is -0.422. The van der Waals surface area contributed by atoms with E-state index in [-0.39, 0.29) is 0 Å². The molecule has 0 saturated carbocycles. The highest BCUT2D eigenvalue weighted by molar-refractivity contribution is 5.73. The lowest BCUT2D eigenvalue weighted by Crippen LogP contribution is -2.01. The van der Waals surface area contributed by atoms with Gasteiger partial charge < -0.3 is 5.32 Å². The zero-order chi connectivity index (χ0) is 21.1. The number of nitrogens with one attached hydrogen (secondary N) is 1. The topological polar surface area (TPSA) is 98.3 Å². The molecule has 29 heavy (non-hydrogen) atoms. The predicted molar refractivity (Wildman–Crippen MR) is 117 cm³/mol. The van der Waals surface area contributed by atoms with Gasteiger partial charge in [0.05, 0.1) is 9.85 Å². The van der Waals surface area contributed by atoms with Gasteiger partial charge in [-0.25, -0.2) is 0 Å². The molecule has 0 heterocycles. The number of hydrogen-bond acceptors (Lipinski definition) is 5. The second-order valence-electron chi connectivity index (χ2n) is 6.91. The number of nitrogens with zero attached hydrogens (tertiary/aromatic N) is 2. The third-order valence-corrected chi connectivity index (χ3v) is 4.63. The molecule has 0 atom stereocenters. The molecule has 0 bridgehead atoms. The van der Waals surface area contributed by atoms with E-state index in [1.54, 1.807) is 6.08 Å². The first-order chi connectivity index (χ1) is 14.0. The fourth-order valence-electron chi connectivity index (χ4n) is 2.99. The Kier molecular flexibility index (Phi) is 8.82. The maximum atomic E-state index is 11.0. The molecular formula is C22H27N3O4. The minimum Gasteiger partial charge on any atom is -0.385 e. The summed E-state index contributed by atoms with van der Waals surface area (Å²) in [7, 11) is 0. The van der Waals surface area contributed by atoms with Crippen LogP contribution in [0, 0.1) is 20.2 Å². The molecule has 0 aromatic heterocycles. The van der Waals surface area contributed by atoms with Gasteiger partial charge in [0.15, 0.2) is 0 Å². The first-order valence-corrected chi connectivity index (χ1v) is 9.96. The molecule has 0 fully saturated rings. The first kappa shape index (κ1) is 22.1. The van der Waals surface area contributed by atoms with Crippen LogP contribution in [-0.4, -0.2) is 16.4 Å². The summed E-state index contributed by atoms with van der Waals surface area (Å²) >= 11 is 0. The number of unbranched alkanes of at least 4 members (excludes halogenated alkanes) is 5. The Bertz CT molecular complexity index is 848. The summed E-state index contributed by atoms with van der Waals surface area (Å²) in [6.07, 6.45) is 11.1. The summed E-state index contributed by atoms with van der Waals surface area (Å²) in [5, 5.41) is 25.3. The van der Waals surface area contributed by atoms with Crippen LogP contribution < -0.4 is 5.32 Å². The number of anilines is 1. The Morgan fingerprint density at radius 1 is 0.793 bits per heavy atom. The number of rotatable bonds is 12. The average molecular weight is 397 g/mol. The van der Waals surface area contributed by atoms with Crippen LogP contribution in [0.2, 0.25) is 0 Å². The van der Waals surface area contributed by atoms with Gasteiger partial charge in [-0.1, -0.05) is 63.3 Å². The van der Waals surface area contributed by atoms with Crippen molar-refractivity contribution in [2.45, 2.75) is 45.4 Å². The van der Waals surface area contributed by atoms with Crippen LogP contribution in [-0.2, 0) is 0 Å². The number of nitro groups is 2. The number of hydrogen-bond donors (Lipinski definition) is 1. The molecule has 0 spiro atoms. The molecule has 0 aliphatic carbocycles. The molecule has 154 valence electrons. The van der Waals surface area contributed by atoms with Crippen LogP contribution in [0.5, 0.6) is 0 Å². The summed E-state index contributed by atoms with van der Waals surface area (Å²) in [4.78, 5) is 20.4. The molecule has 1 N–H and O–H groups in total. The molecule has 2 aromatic rings. The maximum Gasteiger partial charge on any atom is 0.346 e. The van der Waals surface area contributed by atoms with E-state index in [0.717, 1.165) is 30.3 Å². The minimum absolute atomic E-state index is 0.507. The maximum absolute atomic E-state index is 11.0. The third kappa shape index (κ3) is 7.37. The van der Waals surface area contributed by atoms with Crippen molar-refractivity contribution in [1.29, 1.82) is 0 Å². The van der Waals surface area contributed by atoms with E-state index in [1.165, 1.54) is 44.2 Å². The minimum atomic E-state index is -0.747. The molecule has 0 amide bonds. The van der Waals surface area contributed by atoms with E-state index < -0.39 is 21.2 Å². The standard InChI is InChI=1S/C22H27N3O4/c1-2-3-4-5-6-7-16-23-20-13-10-18(11-14-20)8-9-19-12-15-21(24(26)27)22(17-19)25(28)29/h8-15,17,23H,2-7,16H2,1H3. The number of nitro benzene ring substituents is 2. The summed E-state index contributed by atoms with van der Waals surface area (Å²) in [6, 6.07) is 11.8. The van der Waals surface area contributed by atoms with E-state index in [0.29, 0.717) is 5.56 Å². The molecule has 7 nitrogen and oxygen atoms in total. The van der Waals surface area contributed by atoms with Crippen LogP contribution in [0.3, 0.4) is 0 Å². The third-order valence-electron chi connectivity index (χ3n) is 4.63. The molecule has 0 saturated heterocycles. The van der Waals surface area contributed by atoms with E-state index in [9.17, 15) is 20.2 Å². The average Bonchev–Trinajstić information content (AvgIpc) is 2.72. The highest BCUT2D eigenvalue weighted by atomic mass is 16.6. The van der Waals surface area contributed by atoms with Crippen LogP contribution >= 0.6 is 0 Å². The fourth-order valence-corrected chi connectivity index (χ4v) is 2.99. The zero-order valence-corrected chi connectivity index (χ0v) is 16.7. The van der Waals surface area contributed by atoms with E-state index in [2.05, 4.69) is 12.2 Å². The van der Waals surface area contributed by atoms with E-state index >= 15 is 0 Å². The van der Waals surface area contributed by atoms with Gasteiger partial charge >= 0.3 is 11.4 Å². The van der Waals surface area contributed by atoms with Crippen molar-refractivity contribution < 1.29 is 9.85 Å². The highest BCUT2D eigenvalue weighted by Crippen LogP contribution is 2.28. The second kappa shape index (κ2) is 11.6. The lowest BCUT2D eigenvalue weighted by atomic mass is 10.1. The Balaban J connectivity index is 1.89. The van der Waals surface area contributed by atoms with Gasteiger partial charge in [-0.2, -0.15) is 0 Å². The summed E-state index contributed by atoms with van der Waals surface area (Å²) in [6.45, 7) is 3.17. The van der Waals surface area contributed by atoms with Crippen molar-refractivity contribution in [2.24, 2.45) is 0 Å². The normalized spacial score (nSPS) is 10.9. The zero-order valence-electron chi connectivity index (χ0n) is 16.7. The summed E-state index contributed by atoms with van der Waals surface area (Å²) in [5.41, 5.74) is 1.52. The first-order valence-electron chi connectivity index (χ1n) is 9.96. The van der Waals surface area contributed by atoms with Crippen molar-refractivity contribution in [3.63, 3.8) is 0 Å². The second-order valence-corrected chi connectivity index (χ2v) is 6.91. The monoisotopic (exact) mass is 397 g/mol. The Labute approximate surface area is 170 Å². The van der Waals surface area contributed by atoms with Crippen molar-refractivity contribution in [1.82, 2.24) is 0 Å². The van der Waals surface area contributed by atoms with Crippen molar-refractivity contribution in [2.75, 3.05) is 11.9 Å². The Morgan fingerprint density at radius 2 is 1.38 bits per heavy atom. The number of benzene rings is 2. The van der Waals surface area contributed by atoms with E-state index in [1.807, 2.05) is 30.3 Å². The van der Waals surface area contributed by atoms with Crippen molar-refractivity contribution in [3.05, 3.63) is 73.8 Å². The van der Waals surface area contributed by atoms with E-state index in [4.69, 9.17) is 0 Å². The predicted octanol–water partition coefficient (Wildman–Crippen LogP) is 6.45. The largest absolute Gasteiger partial charge is 0.385 e. The molecular weight excluding hydrogens is 370 g/mol. The molecule has 2 rings (SSSR count). The molecule has 0 radical (unpaired) electrons. The van der Waals surface area contributed by atoms with Crippen LogP contribution in [0.1, 0.15) is 56.6 Å². The molecule has 2 aromatic carbocycles. The van der Waals surface area contributed by atoms with Crippen molar-refractivity contribution >= 4 is 29.2 Å². The van der Waals surface area contributed by atoms with Gasteiger partial charge in [0.2, 0.25) is 0 Å². The summed E-state index contributed by atoms with van der Waals surface area (Å²) < 4.78 is 0. The van der Waals surface area contributed by atoms with Gasteiger partial charge in [0.1, 0.15) is 0 Å². The van der Waals surface area contributed by atoms with Gasteiger partial charge in [-0.05, 0) is 35.7 Å². The van der Waals surface area contributed by atoms with Gasteiger partial charge in [0.25, 0.3) is 0 Å². The van der Waals surface area contributed by atoms with Crippen LogP contribution in [0.15, 0.2) is 42.5 Å². The molecule has 0 aliphatic heterocycles. The smallest absolute Gasteiger partial charge is 0.346 e. The van der Waals surface area contributed by atoms with Crippen molar-refractivity contribution in [3.8, 4) is 0 Å². The quantitative estimate of drug-likeness (QED) is 0.192. The Morgan fingerprint density at radius 3 is 2.03 bits per heavy atom. The Hall–Kier alpha value is -3.22. The van der Waals surface area contributed by atoms with Gasteiger partial charge in [-0.3, -0.25) is 20.2 Å². The molecule has 0 unspecified atom stereocenters. The summed E-state index contributed by atoms with van der Waals surface area (Å²) in [5.74, 6) is 0. The SMILES string of the molecule is CCCCCCCCNc1ccc(C=Cc2ccc([N+](=O)[O-])c([N+](=O)[O-])c2)cc1. The molecule has 0 aliphatic rings. The van der Waals surface area contributed by atoms with Gasteiger partial charge in [-0.15, -0.1) is 0 Å². The van der Waals surface area contributed by atoms with Crippen LogP contribution in [0.4, 0.5) is 17.1 Å². The lowest BCUT2D eigenvalue weighted by Gasteiger charge is -2.06. The highest BCUT2D eigenvalue weighted by Gasteiger charge is 2.23. The van der Waals surface area contributed by atoms with Crippen LogP contribution in [0.25, 0.3) is 12.2 Å². The van der Waals surface area contributed by atoms with Gasteiger partial charge in [0, 0.05) is 24.4 Å². The fraction of sp³-hybridized carbons (Fsp3) is 0.364.